The van der Waals surface area contributed by atoms with Gasteiger partial charge in [-0.05, 0) is 24.3 Å². The lowest BCUT2D eigenvalue weighted by Crippen LogP contribution is -2.26. The van der Waals surface area contributed by atoms with Gasteiger partial charge in [0.15, 0.2) is 11.5 Å². The molecule has 0 saturated carbocycles. The number of benzene rings is 2. The van der Waals surface area contributed by atoms with E-state index < -0.39 is 21.8 Å². The number of hydrogen-bond acceptors (Lipinski definition) is 6. The summed E-state index contributed by atoms with van der Waals surface area (Å²) in [5.74, 6) is 0.714. The predicted molar refractivity (Wildman–Crippen MR) is 111 cm³/mol. The number of nitrogens with one attached hydrogen (secondary N) is 1. The summed E-state index contributed by atoms with van der Waals surface area (Å²) in [4.78, 5) is 4.42. The second kappa shape index (κ2) is 9.25. The molecule has 0 radical (unpaired) electrons. The summed E-state index contributed by atoms with van der Waals surface area (Å²) in [5.41, 5.74) is 0.475. The molecule has 0 spiro atoms. The molecule has 0 atom stereocenters. The van der Waals surface area contributed by atoms with Crippen LogP contribution in [0.15, 0.2) is 52.7 Å². The Morgan fingerprint density at radius 2 is 1.71 bits per heavy atom. The van der Waals surface area contributed by atoms with Crippen molar-refractivity contribution in [2.75, 3.05) is 20.8 Å². The second-order valence-corrected chi connectivity index (χ2v) is 9.01. The standard InChI is InChI=1S/C20H19F3N2O4S2/c1-28-17-8-7-16(11-18(17)29-2)31(26,27)24-10-9-15-12-30-19(25-15)13-3-5-14(6-4-13)20(21,22)23/h3-8,11-12,24H,9-10H2,1-2H3. The smallest absolute Gasteiger partial charge is 0.416 e. The SMILES string of the molecule is COc1ccc(S(=O)(=O)NCCc2csc(-c3ccc(C(F)(F)F)cc3)n2)cc1OC. The summed E-state index contributed by atoms with van der Waals surface area (Å²) in [6.45, 7) is 0.104. The zero-order valence-electron chi connectivity index (χ0n) is 16.6. The van der Waals surface area contributed by atoms with Crippen molar-refractivity contribution in [1.29, 1.82) is 0 Å². The molecule has 3 aromatic rings. The van der Waals surface area contributed by atoms with E-state index in [1.807, 2.05) is 0 Å². The maximum atomic E-state index is 12.7. The maximum Gasteiger partial charge on any atom is 0.416 e. The number of halogens is 3. The second-order valence-electron chi connectivity index (χ2n) is 6.38. The van der Waals surface area contributed by atoms with E-state index in [4.69, 9.17) is 9.47 Å². The van der Waals surface area contributed by atoms with Crippen molar-refractivity contribution in [3.8, 4) is 22.1 Å². The minimum atomic E-state index is -4.39. The van der Waals surface area contributed by atoms with Crippen molar-refractivity contribution in [2.45, 2.75) is 17.5 Å². The van der Waals surface area contributed by atoms with Gasteiger partial charge in [0, 0.05) is 30.0 Å². The van der Waals surface area contributed by atoms with Crippen LogP contribution in [0.25, 0.3) is 10.6 Å². The molecule has 0 amide bonds. The van der Waals surface area contributed by atoms with Gasteiger partial charge in [-0.2, -0.15) is 13.2 Å². The molecule has 0 fully saturated rings. The first-order chi connectivity index (χ1) is 14.6. The molecule has 166 valence electrons. The summed E-state index contributed by atoms with van der Waals surface area (Å²) >= 11 is 1.28. The molecular formula is C20H19F3N2O4S2. The molecule has 0 aliphatic heterocycles. The highest BCUT2D eigenvalue weighted by molar-refractivity contribution is 7.89. The summed E-state index contributed by atoms with van der Waals surface area (Å²) in [6, 6.07) is 9.03. The lowest BCUT2D eigenvalue weighted by Gasteiger charge is -2.10. The third kappa shape index (κ3) is 5.54. The van der Waals surface area contributed by atoms with E-state index in [2.05, 4.69) is 9.71 Å². The van der Waals surface area contributed by atoms with Crippen LogP contribution in [0.4, 0.5) is 13.2 Å². The molecule has 0 unspecified atom stereocenters. The van der Waals surface area contributed by atoms with Gasteiger partial charge in [0.25, 0.3) is 0 Å². The highest BCUT2D eigenvalue weighted by Gasteiger charge is 2.30. The Balaban J connectivity index is 1.63. The highest BCUT2D eigenvalue weighted by atomic mass is 32.2. The molecule has 1 N–H and O–H groups in total. The maximum absolute atomic E-state index is 12.7. The van der Waals surface area contributed by atoms with Crippen LogP contribution in [0.3, 0.4) is 0 Å². The van der Waals surface area contributed by atoms with Crippen molar-refractivity contribution in [1.82, 2.24) is 9.71 Å². The Morgan fingerprint density at radius 1 is 1.03 bits per heavy atom. The predicted octanol–water partition coefficient (Wildman–Crippen LogP) is 4.37. The zero-order chi connectivity index (χ0) is 22.6. The van der Waals surface area contributed by atoms with Crippen LogP contribution < -0.4 is 14.2 Å². The Hall–Kier alpha value is -2.63. The van der Waals surface area contributed by atoms with Gasteiger partial charge in [0.2, 0.25) is 10.0 Å². The molecule has 1 aromatic heterocycles. The van der Waals surface area contributed by atoms with E-state index in [0.29, 0.717) is 34.2 Å². The molecule has 11 heteroatoms. The number of alkyl halides is 3. The van der Waals surface area contributed by atoms with E-state index in [9.17, 15) is 21.6 Å². The highest BCUT2D eigenvalue weighted by Crippen LogP contribution is 2.32. The van der Waals surface area contributed by atoms with Crippen molar-refractivity contribution in [3.63, 3.8) is 0 Å². The van der Waals surface area contributed by atoms with Crippen LogP contribution in [0.2, 0.25) is 0 Å². The average molecular weight is 473 g/mol. The number of methoxy groups -OCH3 is 2. The average Bonchev–Trinajstić information content (AvgIpc) is 3.21. The van der Waals surface area contributed by atoms with Crippen molar-refractivity contribution in [2.24, 2.45) is 0 Å². The Morgan fingerprint density at radius 3 is 2.32 bits per heavy atom. The molecule has 3 rings (SSSR count). The van der Waals surface area contributed by atoms with Crippen LogP contribution in [-0.2, 0) is 22.6 Å². The Kier molecular flexibility index (Phi) is 6.87. The van der Waals surface area contributed by atoms with Gasteiger partial charge in [0.1, 0.15) is 5.01 Å². The van der Waals surface area contributed by atoms with E-state index in [0.717, 1.165) is 12.1 Å². The molecule has 6 nitrogen and oxygen atoms in total. The van der Waals surface area contributed by atoms with Gasteiger partial charge in [0.05, 0.1) is 30.4 Å². The first kappa shape index (κ1) is 23.0. The molecule has 2 aromatic carbocycles. The van der Waals surface area contributed by atoms with Crippen LogP contribution >= 0.6 is 11.3 Å². The van der Waals surface area contributed by atoms with Gasteiger partial charge >= 0.3 is 6.18 Å². The minimum absolute atomic E-state index is 0.0360. The molecule has 1 heterocycles. The largest absolute Gasteiger partial charge is 0.493 e. The van der Waals surface area contributed by atoms with Gasteiger partial charge in [-0.25, -0.2) is 18.1 Å². The van der Waals surface area contributed by atoms with Crippen molar-refractivity contribution in [3.05, 3.63) is 59.1 Å². The van der Waals surface area contributed by atoms with Crippen molar-refractivity contribution >= 4 is 21.4 Å². The quantitative estimate of drug-likeness (QED) is 0.527. The number of nitrogens with zero attached hydrogens (tertiary/aromatic N) is 1. The van der Waals surface area contributed by atoms with Gasteiger partial charge in [-0.3, -0.25) is 0 Å². The fourth-order valence-corrected chi connectivity index (χ4v) is 4.64. The van der Waals surface area contributed by atoms with E-state index >= 15 is 0 Å². The Labute approximate surface area is 181 Å². The van der Waals surface area contributed by atoms with Crippen LogP contribution in [0.1, 0.15) is 11.3 Å². The van der Waals surface area contributed by atoms with Crippen LogP contribution in [-0.4, -0.2) is 34.2 Å². The van der Waals surface area contributed by atoms with E-state index in [1.165, 1.54) is 55.9 Å². The third-order valence-electron chi connectivity index (χ3n) is 4.35. The van der Waals surface area contributed by atoms with Gasteiger partial charge < -0.3 is 9.47 Å². The third-order valence-corrected chi connectivity index (χ3v) is 6.75. The number of thiazole rings is 1. The molecule has 0 aliphatic rings. The fourth-order valence-electron chi connectivity index (χ4n) is 2.74. The number of ether oxygens (including phenoxy) is 2. The molecule has 0 bridgehead atoms. The number of hydrogen-bond donors (Lipinski definition) is 1. The van der Waals surface area contributed by atoms with E-state index in [1.54, 1.807) is 5.38 Å². The van der Waals surface area contributed by atoms with E-state index in [-0.39, 0.29) is 11.4 Å². The molecule has 0 saturated heterocycles. The van der Waals surface area contributed by atoms with Gasteiger partial charge in [-0.1, -0.05) is 12.1 Å². The van der Waals surface area contributed by atoms with Crippen molar-refractivity contribution < 1.29 is 31.1 Å². The zero-order valence-corrected chi connectivity index (χ0v) is 18.2. The Bertz CT molecular complexity index is 1140. The summed E-state index contributed by atoms with van der Waals surface area (Å²) in [7, 11) is -0.898. The molecular weight excluding hydrogens is 453 g/mol. The summed E-state index contributed by atoms with van der Waals surface area (Å²) in [6.07, 6.45) is -4.07. The number of sulfonamides is 1. The first-order valence-corrected chi connectivity index (χ1v) is 11.3. The van der Waals surface area contributed by atoms with Gasteiger partial charge in [-0.15, -0.1) is 11.3 Å². The lowest BCUT2D eigenvalue weighted by molar-refractivity contribution is -0.137. The first-order valence-electron chi connectivity index (χ1n) is 8.98. The monoisotopic (exact) mass is 472 g/mol. The lowest BCUT2D eigenvalue weighted by atomic mass is 10.1. The summed E-state index contributed by atoms with van der Waals surface area (Å²) < 4.78 is 75.8. The molecule has 31 heavy (non-hydrogen) atoms. The number of rotatable bonds is 8. The topological polar surface area (TPSA) is 77.5 Å². The summed E-state index contributed by atoms with van der Waals surface area (Å²) in [5, 5.41) is 2.31. The van der Waals surface area contributed by atoms with Crippen LogP contribution in [0, 0.1) is 0 Å². The molecule has 0 aliphatic carbocycles. The minimum Gasteiger partial charge on any atom is -0.493 e. The number of aromatic nitrogens is 1. The van der Waals surface area contributed by atoms with Crippen LogP contribution in [0.5, 0.6) is 11.5 Å². The fraction of sp³-hybridized carbons (Fsp3) is 0.250. The normalized spacial score (nSPS) is 12.0.